The summed E-state index contributed by atoms with van der Waals surface area (Å²) in [5.41, 5.74) is 0.360. The molecule has 1 aliphatic heterocycles. The molecule has 0 bridgehead atoms. The fourth-order valence-corrected chi connectivity index (χ4v) is 3.31. The maximum Gasteiger partial charge on any atom is 0.0128 e. The van der Waals surface area contributed by atoms with E-state index < -0.39 is 0 Å². The van der Waals surface area contributed by atoms with Gasteiger partial charge in [-0.3, -0.25) is 0 Å². The van der Waals surface area contributed by atoms with Crippen molar-refractivity contribution < 1.29 is 0 Å². The Kier molecular flexibility index (Phi) is 7.49. The summed E-state index contributed by atoms with van der Waals surface area (Å²) in [5.74, 6) is 0.911. The third-order valence-electron chi connectivity index (χ3n) is 4.56. The highest BCUT2D eigenvalue weighted by Gasteiger charge is 2.25. The zero-order valence-corrected chi connectivity index (χ0v) is 14.7. The molecule has 3 heteroatoms. The fraction of sp³-hybridized carbons (Fsp3) is 1.00. The molecule has 1 heterocycles. The van der Waals surface area contributed by atoms with Crippen molar-refractivity contribution in [1.82, 2.24) is 15.1 Å². The number of nitrogens with zero attached hydrogens (tertiary/aromatic N) is 2. The minimum absolute atomic E-state index is 0.360. The van der Waals surface area contributed by atoms with Gasteiger partial charge in [0.05, 0.1) is 0 Å². The third kappa shape index (κ3) is 6.55. The van der Waals surface area contributed by atoms with Crippen molar-refractivity contribution in [3.05, 3.63) is 0 Å². The van der Waals surface area contributed by atoms with E-state index in [4.69, 9.17) is 0 Å². The minimum atomic E-state index is 0.360. The Balaban J connectivity index is 2.29. The summed E-state index contributed by atoms with van der Waals surface area (Å²) in [7, 11) is 4.38. The smallest absolute Gasteiger partial charge is 0.0128 e. The van der Waals surface area contributed by atoms with Crippen LogP contribution in [0.3, 0.4) is 0 Å². The van der Waals surface area contributed by atoms with E-state index >= 15 is 0 Å². The number of nitrogens with one attached hydrogen (secondary N) is 1. The van der Waals surface area contributed by atoms with Gasteiger partial charge in [-0.1, -0.05) is 27.7 Å². The van der Waals surface area contributed by atoms with Crippen LogP contribution in [-0.2, 0) is 0 Å². The van der Waals surface area contributed by atoms with E-state index in [1.807, 2.05) is 0 Å². The van der Waals surface area contributed by atoms with Crippen LogP contribution in [0.4, 0.5) is 0 Å². The Labute approximate surface area is 127 Å². The molecule has 0 saturated carbocycles. The van der Waals surface area contributed by atoms with Crippen molar-refractivity contribution in [3.63, 3.8) is 0 Å². The minimum Gasteiger partial charge on any atom is -0.314 e. The van der Waals surface area contributed by atoms with Crippen LogP contribution in [0.5, 0.6) is 0 Å². The lowest BCUT2D eigenvalue weighted by atomic mass is 9.84. The van der Waals surface area contributed by atoms with E-state index in [1.165, 1.54) is 45.4 Å². The zero-order chi connectivity index (χ0) is 15.2. The third-order valence-corrected chi connectivity index (χ3v) is 4.56. The van der Waals surface area contributed by atoms with Gasteiger partial charge < -0.3 is 15.1 Å². The molecule has 0 aromatic rings. The second-order valence-electron chi connectivity index (χ2n) is 7.81. The monoisotopic (exact) mass is 283 g/mol. The Morgan fingerprint density at radius 1 is 1.20 bits per heavy atom. The second kappa shape index (κ2) is 8.35. The molecule has 120 valence electrons. The lowest BCUT2D eigenvalue weighted by Gasteiger charge is -2.36. The molecule has 0 aromatic heterocycles. The van der Waals surface area contributed by atoms with Crippen molar-refractivity contribution in [2.75, 3.05) is 46.8 Å². The van der Waals surface area contributed by atoms with Crippen molar-refractivity contribution in [1.29, 1.82) is 0 Å². The number of hydrogen-bond acceptors (Lipinski definition) is 3. The first-order valence-electron chi connectivity index (χ1n) is 8.43. The summed E-state index contributed by atoms with van der Waals surface area (Å²) in [5, 5.41) is 3.66. The Morgan fingerprint density at radius 2 is 1.80 bits per heavy atom. The zero-order valence-electron chi connectivity index (χ0n) is 14.7. The first-order valence-corrected chi connectivity index (χ1v) is 8.43. The number of rotatable bonds is 7. The lowest BCUT2D eigenvalue weighted by molar-refractivity contribution is 0.145. The Bertz CT molecular complexity index is 249. The second-order valence-corrected chi connectivity index (χ2v) is 7.81. The maximum absolute atomic E-state index is 3.66. The molecule has 1 saturated heterocycles. The molecule has 1 fully saturated rings. The first-order chi connectivity index (χ1) is 9.32. The highest BCUT2D eigenvalue weighted by molar-refractivity contribution is 4.82. The standard InChI is InChI=1S/C17H37N3/c1-7-18-16(17(2,3)4)10-13-20-11-8-15(9-12-20)14-19(5)6/h15-16,18H,7-14H2,1-6H3. The van der Waals surface area contributed by atoms with E-state index in [-0.39, 0.29) is 0 Å². The molecule has 0 spiro atoms. The first kappa shape index (κ1) is 17.9. The highest BCUT2D eigenvalue weighted by Crippen LogP contribution is 2.23. The summed E-state index contributed by atoms with van der Waals surface area (Å²) in [6.07, 6.45) is 4.02. The summed E-state index contributed by atoms with van der Waals surface area (Å²) in [4.78, 5) is 5.00. The van der Waals surface area contributed by atoms with Gasteiger partial charge in [-0.2, -0.15) is 0 Å². The normalized spacial score (nSPS) is 20.6. The molecule has 0 radical (unpaired) electrons. The molecule has 1 rings (SSSR count). The lowest BCUT2D eigenvalue weighted by Crippen LogP contribution is -2.44. The predicted octanol–water partition coefficient (Wildman–Crippen LogP) is 2.67. The quantitative estimate of drug-likeness (QED) is 0.775. The van der Waals surface area contributed by atoms with Crippen LogP contribution in [0.25, 0.3) is 0 Å². The van der Waals surface area contributed by atoms with Gasteiger partial charge in [0.1, 0.15) is 0 Å². The highest BCUT2D eigenvalue weighted by atomic mass is 15.1. The average molecular weight is 284 g/mol. The van der Waals surface area contributed by atoms with E-state index in [0.29, 0.717) is 11.5 Å². The van der Waals surface area contributed by atoms with Crippen LogP contribution in [0.15, 0.2) is 0 Å². The van der Waals surface area contributed by atoms with Crippen LogP contribution in [0.1, 0.15) is 47.0 Å². The van der Waals surface area contributed by atoms with Crippen molar-refractivity contribution >= 4 is 0 Å². The summed E-state index contributed by atoms with van der Waals surface area (Å²) >= 11 is 0. The van der Waals surface area contributed by atoms with E-state index in [9.17, 15) is 0 Å². The van der Waals surface area contributed by atoms with Gasteiger partial charge in [-0.25, -0.2) is 0 Å². The molecular formula is C17H37N3. The van der Waals surface area contributed by atoms with Crippen LogP contribution >= 0.6 is 0 Å². The van der Waals surface area contributed by atoms with Crippen molar-refractivity contribution in [3.8, 4) is 0 Å². The van der Waals surface area contributed by atoms with Crippen LogP contribution in [0.2, 0.25) is 0 Å². The van der Waals surface area contributed by atoms with Gasteiger partial charge >= 0.3 is 0 Å². The molecule has 0 aliphatic carbocycles. The van der Waals surface area contributed by atoms with Gasteiger partial charge in [0.2, 0.25) is 0 Å². The fourth-order valence-electron chi connectivity index (χ4n) is 3.31. The molecule has 1 N–H and O–H groups in total. The van der Waals surface area contributed by atoms with Gasteiger partial charge in [0.15, 0.2) is 0 Å². The van der Waals surface area contributed by atoms with Crippen molar-refractivity contribution in [2.45, 2.75) is 53.0 Å². The molecule has 1 atom stereocenters. The topological polar surface area (TPSA) is 18.5 Å². The molecule has 1 aliphatic rings. The largest absolute Gasteiger partial charge is 0.314 e. The SMILES string of the molecule is CCNC(CCN1CCC(CN(C)C)CC1)C(C)(C)C. The maximum atomic E-state index is 3.66. The molecule has 1 unspecified atom stereocenters. The van der Waals surface area contributed by atoms with Gasteiger partial charge in [-0.05, 0) is 70.9 Å². The van der Waals surface area contributed by atoms with Gasteiger partial charge in [-0.15, -0.1) is 0 Å². The van der Waals surface area contributed by atoms with Crippen LogP contribution in [-0.4, -0.2) is 62.7 Å². The molecule has 0 aromatic carbocycles. The molecular weight excluding hydrogens is 246 g/mol. The van der Waals surface area contributed by atoms with Crippen molar-refractivity contribution in [2.24, 2.45) is 11.3 Å². The average Bonchev–Trinajstić information content (AvgIpc) is 2.34. The van der Waals surface area contributed by atoms with Gasteiger partial charge in [0, 0.05) is 12.6 Å². The van der Waals surface area contributed by atoms with Crippen LogP contribution < -0.4 is 5.32 Å². The summed E-state index contributed by atoms with van der Waals surface area (Å²) < 4.78 is 0. The summed E-state index contributed by atoms with van der Waals surface area (Å²) in [6.45, 7) is 15.4. The van der Waals surface area contributed by atoms with E-state index in [0.717, 1.165) is 12.5 Å². The number of hydrogen-bond donors (Lipinski definition) is 1. The van der Waals surface area contributed by atoms with Gasteiger partial charge in [0.25, 0.3) is 0 Å². The van der Waals surface area contributed by atoms with Crippen LogP contribution in [0, 0.1) is 11.3 Å². The predicted molar refractivity (Wildman–Crippen MR) is 89.3 cm³/mol. The Hall–Kier alpha value is -0.120. The number of piperidine rings is 1. The Morgan fingerprint density at radius 3 is 2.25 bits per heavy atom. The number of likely N-dealkylation sites (tertiary alicyclic amines) is 1. The molecule has 3 nitrogen and oxygen atoms in total. The van der Waals surface area contributed by atoms with E-state index in [1.54, 1.807) is 0 Å². The molecule has 0 amide bonds. The van der Waals surface area contributed by atoms with E-state index in [2.05, 4.69) is 56.9 Å². The summed E-state index contributed by atoms with van der Waals surface area (Å²) in [6, 6.07) is 0.631. The molecule has 20 heavy (non-hydrogen) atoms.